The predicted octanol–water partition coefficient (Wildman–Crippen LogP) is 2.63. The van der Waals surface area contributed by atoms with Crippen molar-refractivity contribution in [2.75, 3.05) is 17.6 Å². The Morgan fingerprint density at radius 2 is 1.97 bits per heavy atom. The Balaban J connectivity index is 1.34. The van der Waals surface area contributed by atoms with Crippen LogP contribution < -0.4 is 5.32 Å². The standard InChI is InChI=1S/C20H23N3O4S2/c24-18(10-12-29(26,27)15-7-2-1-3-8-15)23-11-9-16-17(13-23)28-20(21-16)22-19(25)14-5-4-6-14/h1-3,7-8,14H,4-6,9-13H2,(H,21,22,25). The second kappa shape index (κ2) is 8.23. The molecular weight excluding hydrogens is 410 g/mol. The summed E-state index contributed by atoms with van der Waals surface area (Å²) >= 11 is 1.40. The summed E-state index contributed by atoms with van der Waals surface area (Å²) in [5.74, 6) is -0.254. The van der Waals surface area contributed by atoms with Gasteiger partial charge in [0.05, 0.1) is 22.9 Å². The average Bonchev–Trinajstić information content (AvgIpc) is 3.06. The van der Waals surface area contributed by atoms with E-state index in [1.807, 2.05) is 0 Å². The summed E-state index contributed by atoms with van der Waals surface area (Å²) in [7, 11) is -3.47. The number of amides is 2. The second-order valence-corrected chi connectivity index (χ2v) is 10.6. The fourth-order valence-corrected chi connectivity index (χ4v) is 5.74. The average molecular weight is 434 g/mol. The van der Waals surface area contributed by atoms with E-state index in [-0.39, 0.29) is 34.8 Å². The Labute approximate surface area is 174 Å². The summed E-state index contributed by atoms with van der Waals surface area (Å²) in [5, 5.41) is 3.48. The highest BCUT2D eigenvalue weighted by Gasteiger charge is 2.28. The van der Waals surface area contributed by atoms with Gasteiger partial charge in [0.15, 0.2) is 15.0 Å². The van der Waals surface area contributed by atoms with Gasteiger partial charge in [-0.25, -0.2) is 13.4 Å². The first-order valence-corrected chi connectivity index (χ1v) is 12.2. The molecule has 1 aromatic carbocycles. The number of sulfone groups is 1. The number of fused-ring (bicyclic) bond motifs is 1. The summed E-state index contributed by atoms with van der Waals surface area (Å²) in [6.07, 6.45) is 3.54. The van der Waals surface area contributed by atoms with Crippen LogP contribution in [-0.4, -0.2) is 42.4 Å². The fourth-order valence-electron chi connectivity index (χ4n) is 3.47. The molecule has 2 amide bonds. The van der Waals surface area contributed by atoms with Gasteiger partial charge in [-0.2, -0.15) is 0 Å². The van der Waals surface area contributed by atoms with E-state index in [2.05, 4.69) is 10.3 Å². The molecule has 2 aromatic rings. The van der Waals surface area contributed by atoms with E-state index < -0.39 is 9.84 Å². The summed E-state index contributed by atoms with van der Waals surface area (Å²) < 4.78 is 24.8. The second-order valence-electron chi connectivity index (χ2n) is 7.45. The third-order valence-electron chi connectivity index (χ3n) is 5.48. The van der Waals surface area contributed by atoms with E-state index in [9.17, 15) is 18.0 Å². The Hall–Kier alpha value is -2.26. The lowest BCUT2D eigenvalue weighted by Crippen LogP contribution is -2.36. The van der Waals surface area contributed by atoms with Crippen LogP contribution in [0.3, 0.4) is 0 Å². The van der Waals surface area contributed by atoms with Crippen LogP contribution in [0.4, 0.5) is 5.13 Å². The van der Waals surface area contributed by atoms with E-state index >= 15 is 0 Å². The minimum Gasteiger partial charge on any atom is -0.337 e. The Morgan fingerprint density at radius 3 is 2.66 bits per heavy atom. The molecule has 154 valence electrons. The molecule has 1 N–H and O–H groups in total. The van der Waals surface area contributed by atoms with E-state index in [4.69, 9.17) is 0 Å². The summed E-state index contributed by atoms with van der Waals surface area (Å²) in [6.45, 7) is 0.924. The van der Waals surface area contributed by atoms with Gasteiger partial charge in [0.2, 0.25) is 11.8 Å². The van der Waals surface area contributed by atoms with Gasteiger partial charge in [-0.05, 0) is 25.0 Å². The zero-order chi connectivity index (χ0) is 20.4. The van der Waals surface area contributed by atoms with Crippen molar-refractivity contribution in [2.24, 2.45) is 5.92 Å². The van der Waals surface area contributed by atoms with E-state index in [1.54, 1.807) is 35.2 Å². The lowest BCUT2D eigenvalue weighted by atomic mass is 9.85. The van der Waals surface area contributed by atoms with Crippen molar-refractivity contribution in [2.45, 2.75) is 43.5 Å². The molecule has 1 saturated carbocycles. The molecular formula is C20H23N3O4S2. The van der Waals surface area contributed by atoms with Crippen LogP contribution in [0.15, 0.2) is 35.2 Å². The molecule has 0 spiro atoms. The third kappa shape index (κ3) is 4.51. The maximum atomic E-state index is 12.6. The monoisotopic (exact) mass is 433 g/mol. The van der Waals surface area contributed by atoms with Crippen molar-refractivity contribution in [1.29, 1.82) is 0 Å². The molecule has 9 heteroatoms. The molecule has 1 fully saturated rings. The molecule has 0 atom stereocenters. The van der Waals surface area contributed by atoms with Crippen LogP contribution in [0, 0.1) is 5.92 Å². The van der Waals surface area contributed by atoms with Crippen LogP contribution in [0.2, 0.25) is 0 Å². The molecule has 0 unspecified atom stereocenters. The van der Waals surface area contributed by atoms with Gasteiger partial charge >= 0.3 is 0 Å². The molecule has 1 aliphatic carbocycles. The van der Waals surface area contributed by atoms with Crippen molar-refractivity contribution in [3.8, 4) is 0 Å². The van der Waals surface area contributed by atoms with E-state index in [0.29, 0.717) is 24.6 Å². The minimum absolute atomic E-state index is 0.0291. The van der Waals surface area contributed by atoms with Gasteiger partial charge in [0.25, 0.3) is 0 Å². The topological polar surface area (TPSA) is 96.4 Å². The first kappa shape index (κ1) is 20.0. The number of hydrogen-bond donors (Lipinski definition) is 1. The summed E-state index contributed by atoms with van der Waals surface area (Å²) in [4.78, 5) is 32.1. The normalized spacial score (nSPS) is 16.8. The molecule has 7 nitrogen and oxygen atoms in total. The first-order chi connectivity index (χ1) is 13.9. The molecule has 4 rings (SSSR count). The molecule has 0 saturated heterocycles. The number of rotatable bonds is 6. The SMILES string of the molecule is O=C(Nc1nc2c(s1)CN(C(=O)CCS(=O)(=O)c1ccccc1)CC2)C1CCC1. The molecule has 2 aliphatic rings. The van der Waals surface area contributed by atoms with Gasteiger partial charge in [-0.1, -0.05) is 36.0 Å². The zero-order valence-corrected chi connectivity index (χ0v) is 17.6. The third-order valence-corrected chi connectivity index (χ3v) is 8.21. The van der Waals surface area contributed by atoms with Crippen molar-refractivity contribution in [3.63, 3.8) is 0 Å². The first-order valence-electron chi connectivity index (χ1n) is 9.77. The lowest BCUT2D eigenvalue weighted by Gasteiger charge is -2.26. The van der Waals surface area contributed by atoms with Gasteiger partial charge < -0.3 is 10.2 Å². The number of aromatic nitrogens is 1. The van der Waals surface area contributed by atoms with Gasteiger partial charge in [-0.3, -0.25) is 9.59 Å². The van der Waals surface area contributed by atoms with Crippen LogP contribution in [0.5, 0.6) is 0 Å². The Bertz CT molecular complexity index is 1010. The van der Waals surface area contributed by atoms with Crippen LogP contribution >= 0.6 is 11.3 Å². The summed E-state index contributed by atoms with van der Waals surface area (Å²) in [6, 6.07) is 8.19. The maximum absolute atomic E-state index is 12.6. The molecule has 2 heterocycles. The molecule has 0 bridgehead atoms. The zero-order valence-electron chi connectivity index (χ0n) is 16.0. The Kier molecular flexibility index (Phi) is 5.69. The predicted molar refractivity (Wildman–Crippen MR) is 110 cm³/mol. The number of thiazole rings is 1. The molecule has 1 aliphatic heterocycles. The number of benzene rings is 1. The largest absolute Gasteiger partial charge is 0.337 e. The molecule has 0 radical (unpaired) electrons. The number of nitrogens with one attached hydrogen (secondary N) is 1. The van der Waals surface area contributed by atoms with Crippen molar-refractivity contribution >= 4 is 38.1 Å². The fraction of sp³-hybridized carbons (Fsp3) is 0.450. The quantitative estimate of drug-likeness (QED) is 0.755. The number of carbonyl (C=O) groups is 2. The summed E-state index contributed by atoms with van der Waals surface area (Å²) in [5.41, 5.74) is 0.917. The highest BCUT2D eigenvalue weighted by Crippen LogP contribution is 2.31. The van der Waals surface area contributed by atoms with Gasteiger partial charge in [0, 0.05) is 30.2 Å². The van der Waals surface area contributed by atoms with Crippen molar-refractivity contribution in [1.82, 2.24) is 9.88 Å². The van der Waals surface area contributed by atoms with Gasteiger partial charge in [-0.15, -0.1) is 0 Å². The maximum Gasteiger partial charge on any atom is 0.229 e. The van der Waals surface area contributed by atoms with Crippen LogP contribution in [0.25, 0.3) is 0 Å². The van der Waals surface area contributed by atoms with E-state index in [1.165, 1.54) is 11.3 Å². The van der Waals surface area contributed by atoms with Gasteiger partial charge in [0.1, 0.15) is 0 Å². The highest BCUT2D eigenvalue weighted by molar-refractivity contribution is 7.91. The number of hydrogen-bond acceptors (Lipinski definition) is 6. The number of nitrogens with zero attached hydrogens (tertiary/aromatic N) is 2. The lowest BCUT2D eigenvalue weighted by molar-refractivity contribution is -0.131. The Morgan fingerprint density at radius 1 is 1.21 bits per heavy atom. The molecule has 29 heavy (non-hydrogen) atoms. The van der Waals surface area contributed by atoms with E-state index in [0.717, 1.165) is 29.8 Å². The number of carbonyl (C=O) groups excluding carboxylic acids is 2. The number of anilines is 1. The highest BCUT2D eigenvalue weighted by atomic mass is 32.2. The minimum atomic E-state index is -3.47. The molecule has 1 aromatic heterocycles. The van der Waals surface area contributed by atoms with Crippen LogP contribution in [-0.2, 0) is 32.4 Å². The van der Waals surface area contributed by atoms with Crippen molar-refractivity contribution in [3.05, 3.63) is 40.9 Å². The smallest absolute Gasteiger partial charge is 0.229 e. The van der Waals surface area contributed by atoms with Crippen molar-refractivity contribution < 1.29 is 18.0 Å². The van der Waals surface area contributed by atoms with Crippen LogP contribution in [0.1, 0.15) is 36.3 Å².